The van der Waals surface area contributed by atoms with Crippen LogP contribution in [-0.2, 0) is 6.42 Å². The molecule has 6 heteroatoms. The fourth-order valence-electron chi connectivity index (χ4n) is 2.48. The van der Waals surface area contributed by atoms with Crippen LogP contribution >= 0.6 is 11.3 Å². The zero-order chi connectivity index (χ0) is 14.8. The SMILES string of the molecule is CCc1c(C)nc2cc(-c3cccs3)nn2c1NCCO. The average Bonchev–Trinajstić information content (AvgIpc) is 3.12. The summed E-state index contributed by atoms with van der Waals surface area (Å²) in [5.74, 6) is 0.928. The van der Waals surface area contributed by atoms with Crippen LogP contribution in [0, 0.1) is 6.92 Å². The summed E-state index contributed by atoms with van der Waals surface area (Å²) in [6.45, 7) is 4.70. The minimum Gasteiger partial charge on any atom is -0.395 e. The van der Waals surface area contributed by atoms with E-state index in [1.807, 2.05) is 29.0 Å². The normalized spacial score (nSPS) is 11.2. The molecule has 2 N–H and O–H groups in total. The molecular weight excluding hydrogens is 284 g/mol. The predicted molar refractivity (Wildman–Crippen MR) is 86.0 cm³/mol. The van der Waals surface area contributed by atoms with Gasteiger partial charge in [-0.2, -0.15) is 9.61 Å². The van der Waals surface area contributed by atoms with Gasteiger partial charge < -0.3 is 10.4 Å². The molecule has 0 saturated carbocycles. The van der Waals surface area contributed by atoms with E-state index in [0.717, 1.165) is 39.7 Å². The molecule has 3 rings (SSSR count). The van der Waals surface area contributed by atoms with Gasteiger partial charge in [-0.1, -0.05) is 13.0 Å². The first-order chi connectivity index (χ1) is 10.2. The molecule has 0 fully saturated rings. The lowest BCUT2D eigenvalue weighted by atomic mass is 10.1. The molecule has 110 valence electrons. The van der Waals surface area contributed by atoms with Crippen molar-refractivity contribution in [1.29, 1.82) is 0 Å². The second-order valence-corrected chi connectivity index (χ2v) is 5.75. The van der Waals surface area contributed by atoms with E-state index >= 15 is 0 Å². The summed E-state index contributed by atoms with van der Waals surface area (Å²) in [6, 6.07) is 6.08. The molecule has 0 unspecified atom stereocenters. The molecule has 0 aliphatic rings. The van der Waals surface area contributed by atoms with E-state index in [9.17, 15) is 0 Å². The van der Waals surface area contributed by atoms with Gasteiger partial charge in [-0.3, -0.25) is 0 Å². The number of nitrogens with one attached hydrogen (secondary N) is 1. The number of hydrogen-bond donors (Lipinski definition) is 2. The molecule has 0 aliphatic heterocycles. The van der Waals surface area contributed by atoms with Gasteiger partial charge in [-0.25, -0.2) is 4.98 Å². The van der Waals surface area contributed by atoms with Crippen LogP contribution in [0.4, 0.5) is 5.82 Å². The maximum Gasteiger partial charge on any atom is 0.158 e. The summed E-state index contributed by atoms with van der Waals surface area (Å²) < 4.78 is 1.84. The molecule has 0 aliphatic carbocycles. The number of aromatic nitrogens is 3. The number of aryl methyl sites for hydroxylation is 1. The first-order valence-electron chi connectivity index (χ1n) is 7.02. The maximum absolute atomic E-state index is 9.08. The smallest absolute Gasteiger partial charge is 0.158 e. The fraction of sp³-hybridized carbons (Fsp3) is 0.333. The highest BCUT2D eigenvalue weighted by molar-refractivity contribution is 7.13. The second kappa shape index (κ2) is 5.83. The Kier molecular flexibility index (Phi) is 3.90. The van der Waals surface area contributed by atoms with Crippen molar-refractivity contribution in [3.05, 3.63) is 34.8 Å². The molecule has 0 spiro atoms. The van der Waals surface area contributed by atoms with Crippen LogP contribution in [0.15, 0.2) is 23.6 Å². The van der Waals surface area contributed by atoms with Crippen molar-refractivity contribution in [2.24, 2.45) is 0 Å². The molecule has 5 nitrogen and oxygen atoms in total. The number of rotatable bonds is 5. The van der Waals surface area contributed by atoms with Gasteiger partial charge in [0.05, 0.1) is 11.5 Å². The van der Waals surface area contributed by atoms with Crippen molar-refractivity contribution in [3.8, 4) is 10.6 Å². The van der Waals surface area contributed by atoms with E-state index in [-0.39, 0.29) is 6.61 Å². The van der Waals surface area contributed by atoms with Crippen molar-refractivity contribution in [2.75, 3.05) is 18.5 Å². The van der Waals surface area contributed by atoms with Crippen molar-refractivity contribution in [1.82, 2.24) is 14.6 Å². The number of anilines is 1. The van der Waals surface area contributed by atoms with Crippen LogP contribution in [0.3, 0.4) is 0 Å². The van der Waals surface area contributed by atoms with E-state index in [2.05, 4.69) is 28.4 Å². The van der Waals surface area contributed by atoms with E-state index in [1.165, 1.54) is 0 Å². The summed E-state index contributed by atoms with van der Waals surface area (Å²) in [7, 11) is 0. The molecular formula is C15H18N4OS. The third-order valence-corrected chi connectivity index (χ3v) is 4.33. The maximum atomic E-state index is 9.08. The van der Waals surface area contributed by atoms with E-state index in [4.69, 9.17) is 5.11 Å². The molecule has 3 aromatic rings. The van der Waals surface area contributed by atoms with Crippen molar-refractivity contribution in [3.63, 3.8) is 0 Å². The number of nitrogens with zero attached hydrogens (tertiary/aromatic N) is 3. The average molecular weight is 302 g/mol. The van der Waals surface area contributed by atoms with Crippen molar-refractivity contribution >= 4 is 22.8 Å². The Morgan fingerprint density at radius 2 is 2.29 bits per heavy atom. The number of thiophene rings is 1. The Balaban J connectivity index is 2.18. The van der Waals surface area contributed by atoms with Crippen LogP contribution in [0.2, 0.25) is 0 Å². The second-order valence-electron chi connectivity index (χ2n) is 4.81. The monoisotopic (exact) mass is 302 g/mol. The summed E-state index contributed by atoms with van der Waals surface area (Å²) in [5, 5.41) is 19.1. The number of aliphatic hydroxyl groups is 1. The first-order valence-corrected chi connectivity index (χ1v) is 7.90. The van der Waals surface area contributed by atoms with Gasteiger partial charge in [0.15, 0.2) is 5.65 Å². The molecule has 0 atom stereocenters. The Morgan fingerprint density at radius 1 is 1.43 bits per heavy atom. The number of fused-ring (bicyclic) bond motifs is 1. The van der Waals surface area contributed by atoms with Crippen LogP contribution in [-0.4, -0.2) is 32.9 Å². The van der Waals surface area contributed by atoms with Gasteiger partial charge in [0.1, 0.15) is 11.5 Å². The standard InChI is InChI=1S/C15H18N4OS/c1-3-11-10(2)17-14-9-12(13-5-4-8-21-13)18-19(14)15(11)16-6-7-20/h4-5,8-9,16,20H,3,6-7H2,1-2H3. The van der Waals surface area contributed by atoms with E-state index < -0.39 is 0 Å². The largest absolute Gasteiger partial charge is 0.395 e. The number of aliphatic hydroxyl groups excluding tert-OH is 1. The van der Waals surface area contributed by atoms with Crippen molar-refractivity contribution < 1.29 is 5.11 Å². The summed E-state index contributed by atoms with van der Waals surface area (Å²) >= 11 is 1.67. The Bertz CT molecular complexity index is 749. The highest BCUT2D eigenvalue weighted by Crippen LogP contribution is 2.27. The zero-order valence-corrected chi connectivity index (χ0v) is 12.9. The minimum absolute atomic E-state index is 0.0884. The molecule has 21 heavy (non-hydrogen) atoms. The van der Waals surface area contributed by atoms with Crippen LogP contribution < -0.4 is 5.32 Å². The highest BCUT2D eigenvalue weighted by atomic mass is 32.1. The van der Waals surface area contributed by atoms with Crippen LogP contribution in [0.25, 0.3) is 16.2 Å². The Morgan fingerprint density at radius 3 is 2.95 bits per heavy atom. The summed E-state index contributed by atoms with van der Waals surface area (Å²) in [5.41, 5.74) is 3.89. The van der Waals surface area contributed by atoms with E-state index in [1.54, 1.807) is 11.3 Å². The van der Waals surface area contributed by atoms with Crippen LogP contribution in [0.1, 0.15) is 18.2 Å². The third-order valence-electron chi connectivity index (χ3n) is 3.44. The topological polar surface area (TPSA) is 62.5 Å². The van der Waals surface area contributed by atoms with Gasteiger partial charge in [0.25, 0.3) is 0 Å². The van der Waals surface area contributed by atoms with Crippen molar-refractivity contribution in [2.45, 2.75) is 20.3 Å². The molecule has 0 amide bonds. The fourth-order valence-corrected chi connectivity index (χ4v) is 3.16. The lowest BCUT2D eigenvalue weighted by Crippen LogP contribution is -2.14. The Hall–Kier alpha value is -1.92. The van der Waals surface area contributed by atoms with Gasteiger partial charge in [-0.15, -0.1) is 11.3 Å². The van der Waals surface area contributed by atoms with Gasteiger partial charge >= 0.3 is 0 Å². The highest BCUT2D eigenvalue weighted by Gasteiger charge is 2.14. The summed E-state index contributed by atoms with van der Waals surface area (Å²) in [6.07, 6.45) is 0.872. The lowest BCUT2D eigenvalue weighted by Gasteiger charge is -2.13. The van der Waals surface area contributed by atoms with E-state index in [0.29, 0.717) is 6.54 Å². The molecule has 0 bridgehead atoms. The van der Waals surface area contributed by atoms with Gasteiger partial charge in [0, 0.05) is 23.9 Å². The number of hydrogen-bond acceptors (Lipinski definition) is 5. The summed E-state index contributed by atoms with van der Waals surface area (Å²) in [4.78, 5) is 5.78. The quantitative estimate of drug-likeness (QED) is 0.761. The first kappa shape index (κ1) is 14.0. The van der Waals surface area contributed by atoms with Crippen LogP contribution in [0.5, 0.6) is 0 Å². The lowest BCUT2D eigenvalue weighted by molar-refractivity contribution is 0.311. The molecule has 3 aromatic heterocycles. The molecule has 0 saturated heterocycles. The van der Waals surface area contributed by atoms with Gasteiger partial charge in [0.2, 0.25) is 0 Å². The molecule has 0 radical (unpaired) electrons. The zero-order valence-electron chi connectivity index (χ0n) is 12.1. The van der Waals surface area contributed by atoms with Gasteiger partial charge in [-0.05, 0) is 24.8 Å². The minimum atomic E-state index is 0.0884. The third kappa shape index (κ3) is 2.52. The predicted octanol–water partition coefficient (Wildman–Crippen LogP) is 2.73. The molecule has 0 aromatic carbocycles. The molecule has 3 heterocycles. The Labute approximate surface area is 127 Å².